The van der Waals surface area contributed by atoms with Gasteiger partial charge in [0.15, 0.2) is 0 Å². The normalized spacial score (nSPS) is 19.7. The standard InChI is InChI=1S/C19H27N/c1-5-6-13-20-16(4)18-9-7-8-10-19(18)17-12-11-14(2)15(17)3/h7-12,16-17,20H,5-6,13H2,1-4H3. The summed E-state index contributed by atoms with van der Waals surface area (Å²) in [5.41, 5.74) is 5.79. The maximum Gasteiger partial charge on any atom is 0.0294 e. The van der Waals surface area contributed by atoms with Gasteiger partial charge in [0, 0.05) is 12.0 Å². The first kappa shape index (κ1) is 15.1. The SMILES string of the molecule is CCCCNC(C)c1ccccc1C1C=CC(C)=C1C. The summed E-state index contributed by atoms with van der Waals surface area (Å²) in [6, 6.07) is 9.28. The summed E-state index contributed by atoms with van der Waals surface area (Å²) in [5.74, 6) is 0.460. The van der Waals surface area contributed by atoms with E-state index in [0.717, 1.165) is 6.54 Å². The molecule has 20 heavy (non-hydrogen) atoms. The van der Waals surface area contributed by atoms with Crippen LogP contribution in [0.4, 0.5) is 0 Å². The van der Waals surface area contributed by atoms with Crippen molar-refractivity contribution in [1.82, 2.24) is 5.32 Å². The molecule has 0 heterocycles. The number of benzene rings is 1. The fourth-order valence-electron chi connectivity index (χ4n) is 2.89. The molecule has 0 aromatic heterocycles. The van der Waals surface area contributed by atoms with Crippen LogP contribution in [0.15, 0.2) is 47.6 Å². The van der Waals surface area contributed by atoms with E-state index in [1.165, 1.54) is 35.1 Å². The molecule has 2 rings (SSSR count). The highest BCUT2D eigenvalue weighted by atomic mass is 14.9. The summed E-state index contributed by atoms with van der Waals surface area (Å²) in [4.78, 5) is 0. The molecule has 0 amide bonds. The summed E-state index contributed by atoms with van der Waals surface area (Å²) >= 11 is 0. The maximum absolute atomic E-state index is 3.65. The summed E-state index contributed by atoms with van der Waals surface area (Å²) < 4.78 is 0. The molecule has 108 valence electrons. The number of hydrogen-bond donors (Lipinski definition) is 1. The zero-order valence-electron chi connectivity index (χ0n) is 13.2. The molecular formula is C19H27N. The average molecular weight is 269 g/mol. The van der Waals surface area contributed by atoms with E-state index in [1.54, 1.807) is 0 Å². The van der Waals surface area contributed by atoms with E-state index >= 15 is 0 Å². The smallest absolute Gasteiger partial charge is 0.0294 e. The molecule has 0 saturated carbocycles. The van der Waals surface area contributed by atoms with Crippen LogP contribution in [-0.4, -0.2) is 6.54 Å². The molecule has 1 nitrogen and oxygen atoms in total. The van der Waals surface area contributed by atoms with E-state index in [1.807, 2.05) is 0 Å². The Kier molecular flexibility index (Phi) is 5.19. The second kappa shape index (κ2) is 6.90. The Balaban J connectivity index is 2.21. The molecule has 0 saturated heterocycles. The summed E-state index contributed by atoms with van der Waals surface area (Å²) in [6.45, 7) is 10.1. The van der Waals surface area contributed by atoms with Gasteiger partial charge in [0.1, 0.15) is 0 Å². The fourth-order valence-corrected chi connectivity index (χ4v) is 2.89. The predicted octanol–water partition coefficient (Wildman–Crippen LogP) is 5.13. The summed E-state index contributed by atoms with van der Waals surface area (Å²) in [5, 5.41) is 3.65. The van der Waals surface area contributed by atoms with E-state index in [9.17, 15) is 0 Å². The van der Waals surface area contributed by atoms with E-state index in [4.69, 9.17) is 0 Å². The van der Waals surface area contributed by atoms with Crippen molar-refractivity contribution < 1.29 is 0 Å². The largest absolute Gasteiger partial charge is 0.310 e. The van der Waals surface area contributed by atoms with E-state index in [-0.39, 0.29) is 0 Å². The van der Waals surface area contributed by atoms with Crippen molar-refractivity contribution in [2.45, 2.75) is 52.5 Å². The van der Waals surface area contributed by atoms with Crippen LogP contribution >= 0.6 is 0 Å². The second-order valence-corrected chi connectivity index (χ2v) is 5.86. The molecule has 1 heteroatoms. The Labute approximate surface area is 123 Å². The van der Waals surface area contributed by atoms with Crippen LogP contribution in [0.25, 0.3) is 0 Å². The Bertz CT molecular complexity index is 510. The average Bonchev–Trinajstić information content (AvgIpc) is 2.79. The molecule has 2 unspecified atom stereocenters. The van der Waals surface area contributed by atoms with Crippen LogP contribution in [0.2, 0.25) is 0 Å². The quantitative estimate of drug-likeness (QED) is 0.706. The van der Waals surface area contributed by atoms with Gasteiger partial charge in [-0.3, -0.25) is 0 Å². The highest BCUT2D eigenvalue weighted by Gasteiger charge is 2.20. The first-order valence-electron chi connectivity index (χ1n) is 7.83. The first-order valence-corrected chi connectivity index (χ1v) is 7.83. The van der Waals surface area contributed by atoms with Crippen molar-refractivity contribution in [3.63, 3.8) is 0 Å². The third-order valence-corrected chi connectivity index (χ3v) is 4.41. The van der Waals surface area contributed by atoms with Crippen molar-refractivity contribution in [3.05, 3.63) is 58.7 Å². The van der Waals surface area contributed by atoms with Gasteiger partial charge in [-0.2, -0.15) is 0 Å². The van der Waals surface area contributed by atoms with Gasteiger partial charge in [-0.15, -0.1) is 0 Å². The van der Waals surface area contributed by atoms with E-state index < -0.39 is 0 Å². The Morgan fingerprint density at radius 3 is 2.60 bits per heavy atom. The highest BCUT2D eigenvalue weighted by Crippen LogP contribution is 2.36. The lowest BCUT2D eigenvalue weighted by atomic mass is 9.88. The monoisotopic (exact) mass is 269 g/mol. The Morgan fingerprint density at radius 1 is 1.20 bits per heavy atom. The van der Waals surface area contributed by atoms with Crippen molar-refractivity contribution in [3.8, 4) is 0 Å². The lowest BCUT2D eigenvalue weighted by Crippen LogP contribution is -2.21. The molecule has 2 atom stereocenters. The third-order valence-electron chi connectivity index (χ3n) is 4.41. The molecule has 1 aromatic carbocycles. The highest BCUT2D eigenvalue weighted by molar-refractivity contribution is 5.47. The number of allylic oxidation sites excluding steroid dienone is 4. The second-order valence-electron chi connectivity index (χ2n) is 5.86. The first-order chi connectivity index (χ1) is 9.65. The molecule has 1 N–H and O–H groups in total. The van der Waals surface area contributed by atoms with Crippen LogP contribution in [0, 0.1) is 0 Å². The summed E-state index contributed by atoms with van der Waals surface area (Å²) in [6.07, 6.45) is 7.08. The minimum atomic E-state index is 0.417. The van der Waals surface area contributed by atoms with Crippen molar-refractivity contribution in [2.24, 2.45) is 0 Å². The molecule has 0 fully saturated rings. The van der Waals surface area contributed by atoms with Crippen LogP contribution in [0.3, 0.4) is 0 Å². The number of hydrogen-bond acceptors (Lipinski definition) is 1. The molecule has 0 spiro atoms. The van der Waals surface area contributed by atoms with Gasteiger partial charge in [-0.05, 0) is 44.9 Å². The molecule has 1 aliphatic carbocycles. The fraction of sp³-hybridized carbons (Fsp3) is 0.474. The van der Waals surface area contributed by atoms with Gasteiger partial charge in [-0.25, -0.2) is 0 Å². The van der Waals surface area contributed by atoms with Gasteiger partial charge in [-0.1, -0.05) is 60.9 Å². The van der Waals surface area contributed by atoms with Crippen LogP contribution < -0.4 is 5.32 Å². The van der Waals surface area contributed by atoms with Gasteiger partial charge >= 0.3 is 0 Å². The summed E-state index contributed by atoms with van der Waals surface area (Å²) in [7, 11) is 0. The molecule has 1 aromatic rings. The number of unbranched alkanes of at least 4 members (excludes halogenated alkanes) is 1. The maximum atomic E-state index is 3.65. The van der Waals surface area contributed by atoms with Crippen LogP contribution in [0.5, 0.6) is 0 Å². The van der Waals surface area contributed by atoms with Crippen molar-refractivity contribution in [1.29, 1.82) is 0 Å². The van der Waals surface area contributed by atoms with Gasteiger partial charge in [0.2, 0.25) is 0 Å². The zero-order chi connectivity index (χ0) is 14.5. The number of rotatable bonds is 6. The molecule has 0 aliphatic heterocycles. The Morgan fingerprint density at radius 2 is 1.95 bits per heavy atom. The van der Waals surface area contributed by atoms with Crippen molar-refractivity contribution in [2.75, 3.05) is 6.54 Å². The minimum Gasteiger partial charge on any atom is -0.310 e. The van der Waals surface area contributed by atoms with Gasteiger partial charge in [0.25, 0.3) is 0 Å². The topological polar surface area (TPSA) is 12.0 Å². The van der Waals surface area contributed by atoms with E-state index in [0.29, 0.717) is 12.0 Å². The lowest BCUT2D eigenvalue weighted by molar-refractivity contribution is 0.550. The zero-order valence-corrected chi connectivity index (χ0v) is 13.2. The molecular weight excluding hydrogens is 242 g/mol. The molecule has 0 bridgehead atoms. The Hall–Kier alpha value is -1.34. The van der Waals surface area contributed by atoms with Crippen LogP contribution in [0.1, 0.15) is 63.6 Å². The predicted molar refractivity (Wildman–Crippen MR) is 88.0 cm³/mol. The third kappa shape index (κ3) is 3.21. The van der Waals surface area contributed by atoms with E-state index in [2.05, 4.69) is 69.4 Å². The van der Waals surface area contributed by atoms with Crippen molar-refractivity contribution >= 4 is 0 Å². The molecule has 0 radical (unpaired) electrons. The number of nitrogens with one attached hydrogen (secondary N) is 1. The van der Waals surface area contributed by atoms with Gasteiger partial charge in [0.05, 0.1) is 0 Å². The van der Waals surface area contributed by atoms with Crippen LogP contribution in [-0.2, 0) is 0 Å². The molecule has 1 aliphatic rings. The lowest BCUT2D eigenvalue weighted by Gasteiger charge is -2.22. The van der Waals surface area contributed by atoms with Gasteiger partial charge < -0.3 is 5.32 Å². The minimum absolute atomic E-state index is 0.417.